The van der Waals surface area contributed by atoms with Crippen LogP contribution in [0.2, 0.25) is 0 Å². The van der Waals surface area contributed by atoms with Gasteiger partial charge in [0.2, 0.25) is 0 Å². The number of rotatable bonds is 7. The van der Waals surface area contributed by atoms with Crippen LogP contribution in [-0.4, -0.2) is 46.7 Å². The molecule has 1 aromatic carbocycles. The van der Waals surface area contributed by atoms with Crippen LogP contribution in [0.3, 0.4) is 0 Å². The summed E-state index contributed by atoms with van der Waals surface area (Å²) in [5.74, 6) is 1.67. The molecule has 0 radical (unpaired) electrons. The minimum Gasteiger partial charge on any atom is -0.486 e. The van der Waals surface area contributed by atoms with Crippen LogP contribution < -0.4 is 14.8 Å². The van der Waals surface area contributed by atoms with Crippen LogP contribution >= 0.6 is 0 Å². The molecule has 106 valence electrons. The van der Waals surface area contributed by atoms with Crippen molar-refractivity contribution in [1.82, 2.24) is 5.32 Å². The number of ether oxygens (including phenoxy) is 4. The van der Waals surface area contributed by atoms with E-state index in [1.807, 2.05) is 18.2 Å². The van der Waals surface area contributed by atoms with Crippen molar-refractivity contribution in [3.8, 4) is 11.5 Å². The number of fused-ring (bicyclic) bond motifs is 1. The number of hydrogen-bond acceptors (Lipinski definition) is 5. The Morgan fingerprint density at radius 2 is 2.11 bits per heavy atom. The molecule has 1 aliphatic heterocycles. The van der Waals surface area contributed by atoms with E-state index >= 15 is 0 Å². The third-order valence-electron chi connectivity index (χ3n) is 3.02. The number of benzene rings is 1. The van der Waals surface area contributed by atoms with Gasteiger partial charge in [-0.2, -0.15) is 0 Å². The van der Waals surface area contributed by atoms with Crippen LogP contribution in [-0.2, 0) is 16.0 Å². The second kappa shape index (κ2) is 7.33. The van der Waals surface area contributed by atoms with E-state index in [1.165, 1.54) is 0 Å². The summed E-state index contributed by atoms with van der Waals surface area (Å²) in [6.07, 6.45) is 0.0571. The van der Waals surface area contributed by atoms with Crippen LogP contribution in [0.1, 0.15) is 5.56 Å². The molecule has 0 aliphatic carbocycles. The fraction of sp³-hybridized carbons (Fsp3) is 0.571. The maximum atomic E-state index is 5.67. The van der Waals surface area contributed by atoms with Crippen LogP contribution in [0.15, 0.2) is 18.2 Å². The van der Waals surface area contributed by atoms with Gasteiger partial charge in [-0.3, -0.25) is 0 Å². The largest absolute Gasteiger partial charge is 0.486 e. The van der Waals surface area contributed by atoms with Crippen molar-refractivity contribution in [2.45, 2.75) is 12.6 Å². The molecule has 0 aromatic heterocycles. The molecule has 1 atom stereocenters. The van der Waals surface area contributed by atoms with E-state index in [0.29, 0.717) is 19.8 Å². The highest BCUT2D eigenvalue weighted by Gasteiger charge is 2.15. The van der Waals surface area contributed by atoms with Crippen molar-refractivity contribution >= 4 is 0 Å². The molecule has 5 heteroatoms. The van der Waals surface area contributed by atoms with Gasteiger partial charge >= 0.3 is 0 Å². The van der Waals surface area contributed by atoms with E-state index in [-0.39, 0.29) is 6.10 Å². The monoisotopic (exact) mass is 267 g/mol. The lowest BCUT2D eigenvalue weighted by atomic mass is 10.1. The average molecular weight is 267 g/mol. The first-order valence-corrected chi connectivity index (χ1v) is 6.45. The van der Waals surface area contributed by atoms with E-state index in [1.54, 1.807) is 14.2 Å². The maximum Gasteiger partial charge on any atom is 0.165 e. The van der Waals surface area contributed by atoms with Crippen LogP contribution in [0.25, 0.3) is 0 Å². The molecular weight excluding hydrogens is 246 g/mol. The minimum absolute atomic E-state index is 0.0571. The zero-order valence-electron chi connectivity index (χ0n) is 11.5. The van der Waals surface area contributed by atoms with Crippen molar-refractivity contribution in [3.05, 3.63) is 23.8 Å². The minimum atomic E-state index is 0.0571. The van der Waals surface area contributed by atoms with Crippen LogP contribution in [0, 0.1) is 0 Å². The van der Waals surface area contributed by atoms with Gasteiger partial charge in [-0.25, -0.2) is 0 Å². The van der Waals surface area contributed by atoms with Gasteiger partial charge in [0.25, 0.3) is 0 Å². The first-order chi connectivity index (χ1) is 9.35. The Balaban J connectivity index is 1.89. The molecule has 0 amide bonds. The highest BCUT2D eigenvalue weighted by molar-refractivity contribution is 5.47. The fourth-order valence-electron chi connectivity index (χ4n) is 2.04. The predicted molar refractivity (Wildman–Crippen MR) is 71.8 cm³/mol. The SMILES string of the molecule is COCC(CNCc1cccc2c1OCCO2)OC. The summed E-state index contributed by atoms with van der Waals surface area (Å²) < 4.78 is 21.6. The van der Waals surface area contributed by atoms with E-state index < -0.39 is 0 Å². The Morgan fingerprint density at radius 3 is 2.89 bits per heavy atom. The fourth-order valence-corrected chi connectivity index (χ4v) is 2.04. The smallest absolute Gasteiger partial charge is 0.165 e. The van der Waals surface area contributed by atoms with Crippen molar-refractivity contribution in [2.24, 2.45) is 0 Å². The highest BCUT2D eigenvalue weighted by Crippen LogP contribution is 2.33. The summed E-state index contributed by atoms with van der Waals surface area (Å²) in [4.78, 5) is 0. The van der Waals surface area contributed by atoms with E-state index in [9.17, 15) is 0 Å². The van der Waals surface area contributed by atoms with Crippen LogP contribution in [0.5, 0.6) is 11.5 Å². The number of hydrogen-bond donors (Lipinski definition) is 1. The third kappa shape index (κ3) is 3.83. The zero-order valence-corrected chi connectivity index (χ0v) is 11.5. The number of para-hydroxylation sites is 1. The van der Waals surface area contributed by atoms with Gasteiger partial charge in [0, 0.05) is 32.9 Å². The molecule has 5 nitrogen and oxygen atoms in total. The highest BCUT2D eigenvalue weighted by atomic mass is 16.6. The van der Waals surface area contributed by atoms with Crippen molar-refractivity contribution in [2.75, 3.05) is 40.6 Å². The second-order valence-corrected chi connectivity index (χ2v) is 4.39. The normalized spacial score (nSPS) is 15.3. The molecule has 1 heterocycles. The summed E-state index contributed by atoms with van der Waals surface area (Å²) >= 11 is 0. The first-order valence-electron chi connectivity index (χ1n) is 6.45. The predicted octanol–water partition coefficient (Wildman–Crippen LogP) is 1.21. The molecule has 0 saturated carbocycles. The molecule has 1 aromatic rings. The third-order valence-corrected chi connectivity index (χ3v) is 3.02. The van der Waals surface area contributed by atoms with E-state index in [2.05, 4.69) is 5.32 Å². The Hall–Kier alpha value is -1.30. The van der Waals surface area contributed by atoms with Gasteiger partial charge in [-0.05, 0) is 6.07 Å². The van der Waals surface area contributed by atoms with Crippen molar-refractivity contribution < 1.29 is 18.9 Å². The molecule has 19 heavy (non-hydrogen) atoms. The summed E-state index contributed by atoms with van der Waals surface area (Å²) in [6, 6.07) is 5.95. The first kappa shape index (κ1) is 14.1. The van der Waals surface area contributed by atoms with Gasteiger partial charge < -0.3 is 24.3 Å². The van der Waals surface area contributed by atoms with Gasteiger partial charge in [0.1, 0.15) is 13.2 Å². The lowest BCUT2D eigenvalue weighted by Gasteiger charge is -2.21. The summed E-state index contributed by atoms with van der Waals surface area (Å²) in [5.41, 5.74) is 1.10. The zero-order chi connectivity index (χ0) is 13.5. The topological polar surface area (TPSA) is 49.0 Å². The Labute approximate surface area is 113 Å². The van der Waals surface area contributed by atoms with Gasteiger partial charge in [-0.1, -0.05) is 12.1 Å². The molecule has 0 bridgehead atoms. The summed E-state index contributed by atoms with van der Waals surface area (Å²) in [7, 11) is 3.36. The van der Waals surface area contributed by atoms with Gasteiger partial charge in [0.05, 0.1) is 12.7 Å². The lowest BCUT2D eigenvalue weighted by Crippen LogP contribution is -2.31. The lowest BCUT2D eigenvalue weighted by molar-refractivity contribution is 0.0287. The van der Waals surface area contributed by atoms with Crippen molar-refractivity contribution in [1.29, 1.82) is 0 Å². The maximum absolute atomic E-state index is 5.67. The molecule has 1 aliphatic rings. The van der Waals surface area contributed by atoms with Gasteiger partial charge in [-0.15, -0.1) is 0 Å². The molecular formula is C14H21NO4. The molecule has 0 spiro atoms. The molecule has 0 fully saturated rings. The molecule has 1 unspecified atom stereocenters. The van der Waals surface area contributed by atoms with Gasteiger partial charge in [0.15, 0.2) is 11.5 Å². The summed E-state index contributed by atoms with van der Waals surface area (Å²) in [6.45, 7) is 3.25. The standard InChI is InChI=1S/C14H21NO4/c1-16-10-12(17-2)9-15-8-11-4-3-5-13-14(11)19-7-6-18-13/h3-5,12,15H,6-10H2,1-2H3. The second-order valence-electron chi connectivity index (χ2n) is 4.39. The molecule has 0 saturated heterocycles. The van der Waals surface area contributed by atoms with Crippen molar-refractivity contribution in [3.63, 3.8) is 0 Å². The Kier molecular flexibility index (Phi) is 5.44. The Bertz CT molecular complexity index is 397. The molecule has 1 N–H and O–H groups in total. The molecule has 2 rings (SSSR count). The number of nitrogens with one attached hydrogen (secondary N) is 1. The van der Waals surface area contributed by atoms with E-state index in [4.69, 9.17) is 18.9 Å². The van der Waals surface area contributed by atoms with E-state index in [0.717, 1.165) is 30.2 Å². The summed E-state index contributed by atoms with van der Waals surface area (Å²) in [5, 5.41) is 3.35. The van der Waals surface area contributed by atoms with Crippen LogP contribution in [0.4, 0.5) is 0 Å². The quantitative estimate of drug-likeness (QED) is 0.804. The average Bonchev–Trinajstić information content (AvgIpc) is 2.46. The number of methoxy groups -OCH3 is 2. The Morgan fingerprint density at radius 1 is 1.26 bits per heavy atom.